The van der Waals surface area contributed by atoms with E-state index in [1.807, 2.05) is 5.32 Å². The van der Waals surface area contributed by atoms with Crippen LogP contribution in [0.5, 0.6) is 5.75 Å². The number of amides is 1. The van der Waals surface area contributed by atoms with E-state index < -0.39 is 65.2 Å². The summed E-state index contributed by atoms with van der Waals surface area (Å²) in [6.45, 7) is -0.336. The second kappa shape index (κ2) is 7.44. The summed E-state index contributed by atoms with van der Waals surface area (Å²) >= 11 is 0. The first kappa shape index (κ1) is 23.0. The van der Waals surface area contributed by atoms with Crippen molar-refractivity contribution in [1.29, 1.82) is 0 Å². The van der Waals surface area contributed by atoms with Crippen molar-refractivity contribution in [3.8, 4) is 5.75 Å². The summed E-state index contributed by atoms with van der Waals surface area (Å²) in [5.41, 5.74) is -2.54. The van der Waals surface area contributed by atoms with Crippen LogP contribution in [0.4, 0.5) is 36.4 Å². The molecule has 2 aliphatic rings. The third kappa shape index (κ3) is 3.71. The van der Waals surface area contributed by atoms with E-state index in [0.29, 0.717) is 0 Å². The molecule has 12 heteroatoms. The second-order valence-electron chi connectivity index (χ2n) is 7.72. The molecule has 2 atom stereocenters. The lowest BCUT2D eigenvalue weighted by molar-refractivity contribution is -0.187. The van der Waals surface area contributed by atoms with E-state index in [1.165, 1.54) is 6.07 Å². The van der Waals surface area contributed by atoms with E-state index in [2.05, 4.69) is 5.32 Å². The van der Waals surface area contributed by atoms with Crippen molar-refractivity contribution in [2.24, 2.45) is 0 Å². The van der Waals surface area contributed by atoms with E-state index in [-0.39, 0.29) is 16.9 Å². The van der Waals surface area contributed by atoms with Crippen molar-refractivity contribution >= 4 is 17.6 Å². The van der Waals surface area contributed by atoms with Gasteiger partial charge in [-0.3, -0.25) is 14.9 Å². The molecule has 0 aromatic heterocycles. The number of carbonyl (C=O) groups excluding carboxylic acids is 2. The largest absolute Gasteiger partial charge is 0.427 e. The maximum absolute atomic E-state index is 14.6. The predicted molar refractivity (Wildman–Crippen MR) is 100 cm³/mol. The minimum Gasteiger partial charge on any atom is -0.427 e. The monoisotopic (exact) mass is 476 g/mol. The topological polar surface area (TPSA) is 67.4 Å². The summed E-state index contributed by atoms with van der Waals surface area (Å²) in [5, 5.41) is 4.14. The van der Waals surface area contributed by atoms with Crippen LogP contribution in [0.25, 0.3) is 0 Å². The van der Waals surface area contributed by atoms with Gasteiger partial charge in [-0.05, 0) is 34.9 Å². The van der Waals surface area contributed by atoms with E-state index in [9.17, 15) is 40.3 Å². The Morgan fingerprint density at radius 1 is 1.06 bits per heavy atom. The predicted octanol–water partition coefficient (Wildman–Crippen LogP) is 4.63. The van der Waals surface area contributed by atoms with Crippen molar-refractivity contribution in [2.45, 2.75) is 36.9 Å². The fourth-order valence-electron chi connectivity index (χ4n) is 4.12. The number of para-hydroxylation sites is 1. The molecule has 0 aliphatic carbocycles. The summed E-state index contributed by atoms with van der Waals surface area (Å²) in [7, 11) is 0. The molecule has 0 spiro atoms. The highest BCUT2D eigenvalue weighted by Gasteiger charge is 2.66. The third-order valence-corrected chi connectivity index (χ3v) is 5.54. The van der Waals surface area contributed by atoms with Gasteiger partial charge in [-0.25, -0.2) is 0 Å². The Morgan fingerprint density at radius 3 is 2.33 bits per heavy atom. The lowest BCUT2D eigenvalue weighted by Crippen LogP contribution is -2.40. The molecule has 0 saturated carbocycles. The SMILES string of the molecule is CC(=O)Oc1ccc([C@H]2C(=O)Nc3c2cccc3C(F)(F)F)c(C2NCC(F)(F)C2(F)F)c1. The lowest BCUT2D eigenvalue weighted by Gasteiger charge is -2.26. The van der Waals surface area contributed by atoms with Crippen LogP contribution in [0.3, 0.4) is 0 Å². The van der Waals surface area contributed by atoms with Crippen LogP contribution >= 0.6 is 0 Å². The van der Waals surface area contributed by atoms with E-state index in [0.717, 1.165) is 37.3 Å². The Bertz CT molecular complexity index is 1150. The zero-order chi connectivity index (χ0) is 24.3. The quantitative estimate of drug-likeness (QED) is 0.385. The van der Waals surface area contributed by atoms with Gasteiger partial charge < -0.3 is 10.1 Å². The van der Waals surface area contributed by atoms with Gasteiger partial charge in [0.15, 0.2) is 0 Å². The van der Waals surface area contributed by atoms with Gasteiger partial charge in [0.05, 0.1) is 23.7 Å². The molecular formula is C21H15F7N2O3. The fourth-order valence-corrected chi connectivity index (χ4v) is 4.12. The highest BCUT2D eigenvalue weighted by molar-refractivity contribution is 6.06. The normalized spacial score (nSPS) is 23.2. The molecule has 1 unspecified atom stereocenters. The van der Waals surface area contributed by atoms with Gasteiger partial charge in [0.1, 0.15) is 11.8 Å². The Labute approximate surface area is 181 Å². The molecule has 2 aromatic carbocycles. The summed E-state index contributed by atoms with van der Waals surface area (Å²) in [6.07, 6.45) is -4.81. The summed E-state index contributed by atoms with van der Waals surface area (Å²) < 4.78 is 102. The van der Waals surface area contributed by atoms with Gasteiger partial charge in [0.2, 0.25) is 5.91 Å². The molecule has 5 nitrogen and oxygen atoms in total. The number of esters is 1. The van der Waals surface area contributed by atoms with E-state index in [1.54, 1.807) is 0 Å². The van der Waals surface area contributed by atoms with Crippen LogP contribution in [-0.2, 0) is 15.8 Å². The molecule has 4 rings (SSSR count). The number of ether oxygens (including phenoxy) is 1. The maximum Gasteiger partial charge on any atom is 0.418 e. The number of alkyl halides is 7. The van der Waals surface area contributed by atoms with Gasteiger partial charge >= 0.3 is 24.0 Å². The molecule has 2 aromatic rings. The molecule has 1 saturated heterocycles. The minimum absolute atomic E-state index is 0.149. The summed E-state index contributed by atoms with van der Waals surface area (Å²) in [6, 6.07) is 3.87. The number of nitrogens with one attached hydrogen (secondary N) is 2. The lowest BCUT2D eigenvalue weighted by atomic mass is 9.84. The highest BCUT2D eigenvalue weighted by Crippen LogP contribution is 2.52. The van der Waals surface area contributed by atoms with Gasteiger partial charge in [-0.1, -0.05) is 18.2 Å². The fraction of sp³-hybridized carbons (Fsp3) is 0.333. The highest BCUT2D eigenvalue weighted by atomic mass is 19.4. The van der Waals surface area contributed by atoms with E-state index in [4.69, 9.17) is 4.74 Å². The number of fused-ring (bicyclic) bond motifs is 1. The number of hydrogen-bond donors (Lipinski definition) is 2. The molecule has 1 fully saturated rings. The van der Waals surface area contributed by atoms with Gasteiger partial charge in [0, 0.05) is 6.92 Å². The smallest absolute Gasteiger partial charge is 0.418 e. The minimum atomic E-state index is -4.81. The van der Waals surface area contributed by atoms with Crippen LogP contribution in [0, 0.1) is 0 Å². The molecule has 1 amide bonds. The van der Waals surface area contributed by atoms with Crippen molar-refractivity contribution in [3.63, 3.8) is 0 Å². The molecule has 0 bridgehead atoms. The molecule has 2 heterocycles. The zero-order valence-corrected chi connectivity index (χ0v) is 16.7. The maximum atomic E-state index is 14.6. The average Bonchev–Trinajstić information content (AvgIpc) is 3.12. The van der Waals surface area contributed by atoms with Gasteiger partial charge in [0.25, 0.3) is 0 Å². The van der Waals surface area contributed by atoms with E-state index >= 15 is 0 Å². The molecule has 33 heavy (non-hydrogen) atoms. The number of rotatable bonds is 3. The molecule has 2 aliphatic heterocycles. The number of hydrogen-bond acceptors (Lipinski definition) is 4. The van der Waals surface area contributed by atoms with Crippen molar-refractivity contribution < 1.29 is 45.1 Å². The van der Waals surface area contributed by atoms with Crippen LogP contribution in [-0.4, -0.2) is 30.3 Å². The number of halogens is 7. The average molecular weight is 476 g/mol. The van der Waals surface area contributed by atoms with Crippen molar-refractivity contribution in [1.82, 2.24) is 5.32 Å². The molecule has 2 N–H and O–H groups in total. The standard InChI is InChI=1S/C21H15F7N2O3/c1-9(31)33-10-5-6-11(13(7-10)17-20(24,25)19(22,23)8-29-17)15-12-3-2-4-14(21(26,27)28)16(12)30-18(15)32/h2-7,15,17,29H,8H2,1H3,(H,30,32)/t15-,17?/m1/s1. The number of benzene rings is 2. The molecular weight excluding hydrogens is 461 g/mol. The Hall–Kier alpha value is -3.15. The van der Waals surface area contributed by atoms with Gasteiger partial charge in [-0.2, -0.15) is 30.7 Å². The number of anilines is 1. The Kier molecular flexibility index (Phi) is 5.19. The molecule has 176 valence electrons. The van der Waals surface area contributed by atoms with Gasteiger partial charge in [-0.15, -0.1) is 0 Å². The van der Waals surface area contributed by atoms with Crippen LogP contribution in [0.1, 0.15) is 41.1 Å². The first-order valence-corrected chi connectivity index (χ1v) is 9.56. The zero-order valence-electron chi connectivity index (χ0n) is 16.7. The van der Waals surface area contributed by atoms with Crippen LogP contribution in [0.2, 0.25) is 0 Å². The first-order chi connectivity index (χ1) is 15.2. The number of carbonyl (C=O) groups is 2. The second-order valence-corrected chi connectivity index (χ2v) is 7.72. The van der Waals surface area contributed by atoms with Crippen LogP contribution in [0.15, 0.2) is 36.4 Å². The summed E-state index contributed by atoms with van der Waals surface area (Å²) in [5.74, 6) is -12.5. The Balaban J connectivity index is 1.90. The molecule has 0 radical (unpaired) electrons. The van der Waals surface area contributed by atoms with Crippen molar-refractivity contribution in [2.75, 3.05) is 11.9 Å². The van der Waals surface area contributed by atoms with Crippen LogP contribution < -0.4 is 15.4 Å². The summed E-state index contributed by atoms with van der Waals surface area (Å²) in [4.78, 5) is 24.0. The first-order valence-electron chi connectivity index (χ1n) is 9.56. The Morgan fingerprint density at radius 2 is 1.76 bits per heavy atom. The third-order valence-electron chi connectivity index (χ3n) is 5.54. The van der Waals surface area contributed by atoms with Crippen molar-refractivity contribution in [3.05, 3.63) is 58.7 Å².